The Hall–Kier alpha value is -2.76. The van der Waals surface area contributed by atoms with Gasteiger partial charge in [-0.3, -0.25) is 0 Å². The summed E-state index contributed by atoms with van der Waals surface area (Å²) in [5.41, 5.74) is 7.12. The number of nitrogens with zero attached hydrogens (tertiary/aromatic N) is 4. The van der Waals surface area contributed by atoms with E-state index in [-0.39, 0.29) is 5.69 Å². The third-order valence-corrected chi connectivity index (χ3v) is 2.72. The molecule has 2 aromatic carbocycles. The van der Waals surface area contributed by atoms with Crippen LogP contribution in [0.2, 0.25) is 0 Å². The van der Waals surface area contributed by atoms with Gasteiger partial charge in [0.15, 0.2) is 5.82 Å². The first-order valence-corrected chi connectivity index (χ1v) is 5.65. The topological polar surface area (TPSA) is 69.6 Å². The number of nitrogens with two attached hydrogens (primary N) is 1. The van der Waals surface area contributed by atoms with Crippen molar-refractivity contribution >= 4 is 5.69 Å². The molecule has 0 atom stereocenters. The van der Waals surface area contributed by atoms with Crippen molar-refractivity contribution in [3.8, 4) is 17.1 Å². The molecule has 1 heterocycles. The highest BCUT2D eigenvalue weighted by molar-refractivity contribution is 5.62. The van der Waals surface area contributed by atoms with Gasteiger partial charge in [0.1, 0.15) is 5.82 Å². The number of hydrogen-bond acceptors (Lipinski definition) is 4. The van der Waals surface area contributed by atoms with Crippen molar-refractivity contribution in [2.45, 2.75) is 0 Å². The smallest absolute Gasteiger partial charge is 0.187 e. The molecule has 0 amide bonds. The van der Waals surface area contributed by atoms with Crippen LogP contribution in [0.4, 0.5) is 10.1 Å². The first-order chi connectivity index (χ1) is 9.25. The fourth-order valence-electron chi connectivity index (χ4n) is 1.79. The van der Waals surface area contributed by atoms with E-state index in [1.807, 2.05) is 30.3 Å². The molecule has 0 unspecified atom stereocenters. The Balaban J connectivity index is 2.12. The van der Waals surface area contributed by atoms with Crippen LogP contribution in [0.15, 0.2) is 48.5 Å². The zero-order valence-electron chi connectivity index (χ0n) is 9.86. The summed E-state index contributed by atoms with van der Waals surface area (Å²) in [6, 6.07) is 13.9. The van der Waals surface area contributed by atoms with Gasteiger partial charge in [0, 0.05) is 5.56 Å². The Morgan fingerprint density at radius 3 is 2.58 bits per heavy atom. The molecular formula is C13H10FN5. The lowest BCUT2D eigenvalue weighted by Gasteiger charge is -2.05. The van der Waals surface area contributed by atoms with E-state index in [4.69, 9.17) is 5.73 Å². The van der Waals surface area contributed by atoms with Gasteiger partial charge in [0.25, 0.3) is 0 Å². The zero-order valence-corrected chi connectivity index (χ0v) is 9.86. The SMILES string of the molecule is Nc1cc(-c2nnnn2-c2ccccc2)ccc1F. The van der Waals surface area contributed by atoms with Crippen LogP contribution in [-0.2, 0) is 0 Å². The third-order valence-electron chi connectivity index (χ3n) is 2.72. The van der Waals surface area contributed by atoms with Crippen LogP contribution in [0, 0.1) is 5.82 Å². The average Bonchev–Trinajstić information content (AvgIpc) is 2.92. The summed E-state index contributed by atoms with van der Waals surface area (Å²) in [5, 5.41) is 11.5. The van der Waals surface area contributed by atoms with Crippen molar-refractivity contribution in [1.29, 1.82) is 0 Å². The number of hydrogen-bond donors (Lipinski definition) is 1. The fraction of sp³-hybridized carbons (Fsp3) is 0. The second-order valence-corrected chi connectivity index (χ2v) is 3.99. The van der Waals surface area contributed by atoms with Crippen LogP contribution in [0.1, 0.15) is 0 Å². The molecule has 0 spiro atoms. The normalized spacial score (nSPS) is 10.6. The fourth-order valence-corrected chi connectivity index (χ4v) is 1.79. The molecule has 19 heavy (non-hydrogen) atoms. The lowest BCUT2D eigenvalue weighted by molar-refractivity contribution is 0.632. The molecular weight excluding hydrogens is 245 g/mol. The largest absolute Gasteiger partial charge is 0.396 e. The van der Waals surface area contributed by atoms with Crippen LogP contribution >= 0.6 is 0 Å². The number of benzene rings is 2. The molecule has 0 saturated carbocycles. The molecule has 94 valence electrons. The molecule has 1 aromatic heterocycles. The second-order valence-electron chi connectivity index (χ2n) is 3.99. The Morgan fingerprint density at radius 1 is 1.05 bits per heavy atom. The summed E-state index contributed by atoms with van der Waals surface area (Å²) < 4.78 is 14.8. The van der Waals surface area contributed by atoms with Crippen molar-refractivity contribution in [2.24, 2.45) is 0 Å². The molecule has 0 radical (unpaired) electrons. The predicted octanol–water partition coefficient (Wildman–Crippen LogP) is 2.05. The molecule has 6 heteroatoms. The maximum absolute atomic E-state index is 13.2. The summed E-state index contributed by atoms with van der Waals surface area (Å²) in [7, 11) is 0. The van der Waals surface area contributed by atoms with Crippen LogP contribution in [0.5, 0.6) is 0 Å². The van der Waals surface area contributed by atoms with Gasteiger partial charge in [-0.1, -0.05) is 18.2 Å². The Labute approximate surface area is 108 Å². The minimum atomic E-state index is -0.456. The van der Waals surface area contributed by atoms with Crippen molar-refractivity contribution in [3.05, 3.63) is 54.3 Å². The summed E-state index contributed by atoms with van der Waals surface area (Å²) in [6.45, 7) is 0. The van der Waals surface area contributed by atoms with Crippen molar-refractivity contribution in [3.63, 3.8) is 0 Å². The third kappa shape index (κ3) is 2.03. The van der Waals surface area contributed by atoms with Crippen molar-refractivity contribution < 1.29 is 4.39 Å². The molecule has 0 aliphatic heterocycles. The van der Waals surface area contributed by atoms with E-state index in [0.29, 0.717) is 11.4 Å². The minimum absolute atomic E-state index is 0.0695. The average molecular weight is 255 g/mol. The van der Waals surface area contributed by atoms with Gasteiger partial charge in [-0.05, 0) is 40.8 Å². The number of nitrogen functional groups attached to an aromatic ring is 1. The summed E-state index contributed by atoms with van der Waals surface area (Å²) >= 11 is 0. The summed E-state index contributed by atoms with van der Waals surface area (Å²) in [4.78, 5) is 0. The highest BCUT2D eigenvalue weighted by atomic mass is 19.1. The lowest BCUT2D eigenvalue weighted by Crippen LogP contribution is -2.00. The van der Waals surface area contributed by atoms with Crippen LogP contribution in [-0.4, -0.2) is 20.2 Å². The maximum Gasteiger partial charge on any atom is 0.187 e. The van der Waals surface area contributed by atoms with E-state index >= 15 is 0 Å². The van der Waals surface area contributed by atoms with Gasteiger partial charge < -0.3 is 5.73 Å². The van der Waals surface area contributed by atoms with Gasteiger partial charge in [0.2, 0.25) is 0 Å². The highest BCUT2D eigenvalue weighted by Crippen LogP contribution is 2.22. The van der Waals surface area contributed by atoms with Crippen LogP contribution < -0.4 is 5.73 Å². The van der Waals surface area contributed by atoms with Gasteiger partial charge in [0.05, 0.1) is 11.4 Å². The molecule has 0 fully saturated rings. The molecule has 0 bridgehead atoms. The minimum Gasteiger partial charge on any atom is -0.396 e. The number of tetrazole rings is 1. The van der Waals surface area contributed by atoms with E-state index in [1.54, 1.807) is 10.7 Å². The summed E-state index contributed by atoms with van der Waals surface area (Å²) in [5.74, 6) is 0.0559. The predicted molar refractivity (Wildman–Crippen MR) is 69.0 cm³/mol. The van der Waals surface area contributed by atoms with Crippen LogP contribution in [0.3, 0.4) is 0 Å². The first kappa shape index (κ1) is 11.3. The molecule has 0 saturated heterocycles. The molecule has 3 rings (SSSR count). The molecule has 2 N–H and O–H groups in total. The lowest BCUT2D eigenvalue weighted by atomic mass is 10.2. The second kappa shape index (κ2) is 4.49. The molecule has 0 aliphatic carbocycles. The van der Waals surface area contributed by atoms with Crippen LogP contribution in [0.25, 0.3) is 17.1 Å². The number of aromatic nitrogens is 4. The molecule has 3 aromatic rings. The standard InChI is InChI=1S/C13H10FN5/c14-11-7-6-9(8-12(11)15)13-16-17-18-19(13)10-4-2-1-3-5-10/h1-8H,15H2. The van der Waals surface area contributed by atoms with E-state index in [9.17, 15) is 4.39 Å². The maximum atomic E-state index is 13.2. The molecule has 5 nitrogen and oxygen atoms in total. The van der Waals surface area contributed by atoms with Crippen molar-refractivity contribution in [2.75, 3.05) is 5.73 Å². The van der Waals surface area contributed by atoms with Gasteiger partial charge in [-0.25, -0.2) is 4.39 Å². The Bertz CT molecular complexity index is 708. The van der Waals surface area contributed by atoms with E-state index in [2.05, 4.69) is 15.5 Å². The van der Waals surface area contributed by atoms with E-state index in [0.717, 1.165) is 5.69 Å². The van der Waals surface area contributed by atoms with Gasteiger partial charge in [-0.15, -0.1) is 5.10 Å². The first-order valence-electron chi connectivity index (χ1n) is 5.65. The summed E-state index contributed by atoms with van der Waals surface area (Å²) in [6.07, 6.45) is 0. The number of anilines is 1. The van der Waals surface area contributed by atoms with E-state index < -0.39 is 5.82 Å². The quantitative estimate of drug-likeness (QED) is 0.711. The Kier molecular flexibility index (Phi) is 2.68. The zero-order chi connectivity index (χ0) is 13.2. The number of halogens is 1. The van der Waals surface area contributed by atoms with Gasteiger partial charge in [-0.2, -0.15) is 4.68 Å². The van der Waals surface area contributed by atoms with Gasteiger partial charge >= 0.3 is 0 Å². The van der Waals surface area contributed by atoms with E-state index in [1.165, 1.54) is 12.1 Å². The number of rotatable bonds is 2. The molecule has 0 aliphatic rings. The van der Waals surface area contributed by atoms with Crippen molar-refractivity contribution in [1.82, 2.24) is 20.2 Å². The Morgan fingerprint density at radius 2 is 1.84 bits per heavy atom. The highest BCUT2D eigenvalue weighted by Gasteiger charge is 2.11. The number of para-hydroxylation sites is 1. The monoisotopic (exact) mass is 255 g/mol.